The number of halogens is 2. The lowest BCUT2D eigenvalue weighted by Crippen LogP contribution is -2.44. The van der Waals surface area contributed by atoms with E-state index in [-0.39, 0.29) is 5.75 Å². The number of benzene rings is 2. The molecule has 41 heavy (non-hydrogen) atoms. The fraction of sp³-hybridized carbons (Fsp3) is 0.423. The highest BCUT2D eigenvalue weighted by molar-refractivity contribution is 8.09. The molecule has 5 atom stereocenters. The largest absolute Gasteiger partial charge is 0.462 e. The van der Waals surface area contributed by atoms with E-state index in [0.29, 0.717) is 0 Å². The molecule has 1 aliphatic rings. The molecule has 2 heterocycles. The van der Waals surface area contributed by atoms with Crippen molar-refractivity contribution >= 4 is 35.2 Å². The van der Waals surface area contributed by atoms with Gasteiger partial charge in [0.1, 0.15) is 17.9 Å². The van der Waals surface area contributed by atoms with Gasteiger partial charge in [0, 0.05) is 18.7 Å². The standard InChI is InChI=1S/C26H30F2N3O8PS/c1-15(2)37-23(34)16(3)30-40(41,39-19-9-8-17-6-4-5-7-18(17)12-19)36-14-26(24(27)28)13-20(32)22(38-26)31-11-10-21(33)29-25(31)35/h4-12,15-16,20,22,24,32H,13-14H2,1-3H3,(H,30,41)(H,29,33,35)/t16-,20+,22+,26-,40?/m0/s1. The molecule has 1 fully saturated rings. The number of hydrogen-bond donors (Lipinski definition) is 3. The van der Waals surface area contributed by atoms with E-state index in [9.17, 15) is 28.3 Å². The maximum atomic E-state index is 14.5. The number of fused-ring (bicyclic) bond motifs is 1. The first-order valence-corrected chi connectivity index (χ1v) is 15.3. The highest BCUT2D eigenvalue weighted by Crippen LogP contribution is 2.49. The summed E-state index contributed by atoms with van der Waals surface area (Å²) in [5, 5.41) is 15.1. The Kier molecular flexibility index (Phi) is 9.42. The van der Waals surface area contributed by atoms with Crippen molar-refractivity contribution in [3.8, 4) is 5.75 Å². The third-order valence-corrected chi connectivity index (χ3v) is 8.72. The van der Waals surface area contributed by atoms with Crippen LogP contribution in [0, 0.1) is 0 Å². The van der Waals surface area contributed by atoms with Gasteiger partial charge in [-0.1, -0.05) is 30.3 Å². The molecule has 222 valence electrons. The minimum atomic E-state index is -3.76. The van der Waals surface area contributed by atoms with Crippen molar-refractivity contribution in [1.29, 1.82) is 0 Å². The van der Waals surface area contributed by atoms with Gasteiger partial charge in [-0.2, -0.15) is 0 Å². The Labute approximate surface area is 238 Å². The zero-order chi connectivity index (χ0) is 29.9. The van der Waals surface area contributed by atoms with Crippen LogP contribution >= 0.6 is 6.64 Å². The summed E-state index contributed by atoms with van der Waals surface area (Å²) < 4.78 is 52.5. The molecule has 0 spiro atoms. The third kappa shape index (κ3) is 7.26. The predicted molar refractivity (Wildman–Crippen MR) is 149 cm³/mol. The van der Waals surface area contributed by atoms with Crippen LogP contribution in [0.3, 0.4) is 0 Å². The molecule has 1 aliphatic heterocycles. The number of carbonyl (C=O) groups excluding carboxylic acids is 1. The Bertz CT molecular complexity index is 1570. The fourth-order valence-electron chi connectivity index (χ4n) is 4.26. The van der Waals surface area contributed by atoms with Gasteiger partial charge in [0.25, 0.3) is 12.0 Å². The number of nitrogens with zero attached hydrogens (tertiary/aromatic N) is 1. The van der Waals surface area contributed by atoms with Crippen LogP contribution in [0.4, 0.5) is 8.78 Å². The summed E-state index contributed by atoms with van der Waals surface area (Å²) in [7, 11) is 0. The molecule has 0 saturated carbocycles. The van der Waals surface area contributed by atoms with Crippen molar-refractivity contribution < 1.29 is 37.2 Å². The lowest BCUT2D eigenvalue weighted by Gasteiger charge is -2.32. The van der Waals surface area contributed by atoms with Crippen molar-refractivity contribution in [3.63, 3.8) is 0 Å². The van der Waals surface area contributed by atoms with E-state index in [1.807, 2.05) is 29.2 Å². The summed E-state index contributed by atoms with van der Waals surface area (Å²) in [6.07, 6.45) is -6.29. The lowest BCUT2D eigenvalue weighted by molar-refractivity contribution is -0.169. The normalized spacial score (nSPS) is 23.0. The third-order valence-electron chi connectivity index (χ3n) is 6.24. The molecule has 0 radical (unpaired) electrons. The summed E-state index contributed by atoms with van der Waals surface area (Å²) in [6.45, 7) is 0.181. The number of hydrogen-bond acceptors (Lipinski definition) is 9. The Morgan fingerprint density at radius 3 is 2.59 bits per heavy atom. The molecule has 11 nitrogen and oxygen atoms in total. The van der Waals surface area contributed by atoms with Gasteiger partial charge in [0.05, 0.1) is 12.7 Å². The number of ether oxygens (including phenoxy) is 2. The molecule has 1 unspecified atom stereocenters. The fourth-order valence-corrected chi connectivity index (χ4v) is 6.69. The van der Waals surface area contributed by atoms with Crippen molar-refractivity contribution in [1.82, 2.24) is 14.6 Å². The molecule has 1 saturated heterocycles. The average Bonchev–Trinajstić information content (AvgIpc) is 3.24. The van der Waals surface area contributed by atoms with Crippen molar-refractivity contribution in [2.75, 3.05) is 6.61 Å². The summed E-state index contributed by atoms with van der Waals surface area (Å²) in [5.41, 5.74) is -4.05. The quantitative estimate of drug-likeness (QED) is 0.218. The molecule has 3 aromatic rings. The van der Waals surface area contributed by atoms with E-state index in [1.54, 1.807) is 32.0 Å². The van der Waals surface area contributed by atoms with Crippen molar-refractivity contribution in [2.24, 2.45) is 0 Å². The van der Waals surface area contributed by atoms with E-state index in [1.165, 1.54) is 6.92 Å². The van der Waals surface area contributed by atoms with Crippen LogP contribution in [0.15, 0.2) is 64.3 Å². The van der Waals surface area contributed by atoms with Gasteiger partial charge >= 0.3 is 18.3 Å². The smallest absolute Gasteiger partial charge is 0.330 e. The number of aliphatic hydroxyl groups excluding tert-OH is 1. The molecular weight excluding hydrogens is 583 g/mol. The van der Waals surface area contributed by atoms with E-state index in [4.69, 9.17) is 30.3 Å². The van der Waals surface area contributed by atoms with Gasteiger partial charge in [0.2, 0.25) is 0 Å². The Morgan fingerprint density at radius 1 is 1.22 bits per heavy atom. The van der Waals surface area contributed by atoms with Crippen LogP contribution in [0.1, 0.15) is 33.4 Å². The molecule has 0 amide bonds. The van der Waals surface area contributed by atoms with Crippen molar-refractivity contribution in [3.05, 3.63) is 75.6 Å². The van der Waals surface area contributed by atoms with Crippen LogP contribution < -0.4 is 20.9 Å². The second-order valence-corrected chi connectivity index (χ2v) is 13.0. The molecule has 3 N–H and O–H groups in total. The van der Waals surface area contributed by atoms with Crippen LogP contribution in [0.2, 0.25) is 0 Å². The molecule has 0 bridgehead atoms. The number of aromatic nitrogens is 2. The zero-order valence-corrected chi connectivity index (χ0v) is 24.1. The monoisotopic (exact) mass is 613 g/mol. The van der Waals surface area contributed by atoms with E-state index in [2.05, 4.69) is 5.09 Å². The van der Waals surface area contributed by atoms with Crippen LogP contribution in [-0.2, 0) is 30.6 Å². The maximum Gasteiger partial charge on any atom is 0.330 e. The van der Waals surface area contributed by atoms with Crippen LogP contribution in [0.25, 0.3) is 10.8 Å². The van der Waals surface area contributed by atoms with Crippen molar-refractivity contribution in [2.45, 2.75) is 63.7 Å². The SMILES string of the molecule is CC(C)OC(=O)[C@H](C)NP(=S)(OC[C@]1(C(F)F)C[C@@H](O)[C@H](n2ccc(=O)[nH]c2=O)O1)Oc1ccc2ccccc2c1. The van der Waals surface area contributed by atoms with Gasteiger partial charge < -0.3 is 23.6 Å². The summed E-state index contributed by atoms with van der Waals surface area (Å²) >= 11 is 5.66. The Hall–Kier alpha value is -3.00. The van der Waals surface area contributed by atoms with Gasteiger partial charge in [-0.3, -0.25) is 19.1 Å². The van der Waals surface area contributed by atoms with Crippen LogP contribution in [-0.4, -0.2) is 57.5 Å². The highest BCUT2D eigenvalue weighted by atomic mass is 32.5. The molecule has 15 heteroatoms. The second-order valence-electron chi connectivity index (χ2n) is 9.87. The zero-order valence-electron chi connectivity index (χ0n) is 22.4. The summed E-state index contributed by atoms with van der Waals surface area (Å²) in [4.78, 5) is 38.2. The van der Waals surface area contributed by atoms with Gasteiger partial charge in [-0.15, -0.1) is 0 Å². The number of aromatic amines is 1. The Balaban J connectivity index is 1.61. The minimum absolute atomic E-state index is 0.264. The summed E-state index contributed by atoms with van der Waals surface area (Å²) in [6, 6.07) is 12.5. The number of aliphatic hydroxyl groups is 1. The van der Waals surface area contributed by atoms with E-state index in [0.717, 1.165) is 27.6 Å². The second kappa shape index (κ2) is 12.5. The highest BCUT2D eigenvalue weighted by Gasteiger charge is 2.54. The molecule has 1 aromatic heterocycles. The first-order chi connectivity index (χ1) is 19.3. The average molecular weight is 614 g/mol. The Morgan fingerprint density at radius 2 is 1.93 bits per heavy atom. The lowest BCUT2D eigenvalue weighted by atomic mass is 10.0. The minimum Gasteiger partial charge on any atom is -0.462 e. The topological polar surface area (TPSA) is 141 Å². The number of rotatable bonds is 11. The van der Waals surface area contributed by atoms with E-state index >= 15 is 0 Å². The number of nitrogens with one attached hydrogen (secondary N) is 2. The number of carbonyl (C=O) groups is 1. The molecular formula is C26H30F2N3O8PS. The van der Waals surface area contributed by atoms with Gasteiger partial charge in [-0.25, -0.2) is 18.7 Å². The first-order valence-electron chi connectivity index (χ1n) is 12.7. The number of alkyl halides is 2. The molecule has 4 rings (SSSR count). The number of H-pyrrole nitrogens is 1. The molecule has 2 aromatic carbocycles. The first kappa shape index (κ1) is 30.9. The van der Waals surface area contributed by atoms with E-state index < -0.39 is 73.4 Å². The predicted octanol–water partition coefficient (Wildman–Crippen LogP) is 3.22. The summed E-state index contributed by atoms with van der Waals surface area (Å²) in [5.74, 6) is -0.395. The van der Waals surface area contributed by atoms with Gasteiger partial charge in [-0.05, 0) is 55.5 Å². The maximum absolute atomic E-state index is 14.5. The van der Waals surface area contributed by atoms with Gasteiger partial charge in [0.15, 0.2) is 11.8 Å². The van der Waals surface area contributed by atoms with Crippen LogP contribution in [0.5, 0.6) is 5.75 Å². The molecule has 0 aliphatic carbocycles. The number of esters is 1.